The SMILES string of the molecule is CC(C)c1cc(NC(=O)c2cccnc2Oc2cccc(Br)c2)n[nH]1. The number of carbonyl (C=O) groups excluding carboxylic acids is 1. The van der Waals surface area contributed by atoms with Crippen LogP contribution in [0.3, 0.4) is 0 Å². The van der Waals surface area contributed by atoms with Crippen molar-refractivity contribution in [3.05, 3.63) is 64.4 Å². The number of benzene rings is 1. The fourth-order valence-corrected chi connectivity index (χ4v) is 2.55. The van der Waals surface area contributed by atoms with Crippen molar-refractivity contribution in [2.75, 3.05) is 5.32 Å². The van der Waals surface area contributed by atoms with Crippen LogP contribution in [0.1, 0.15) is 35.8 Å². The molecule has 0 spiro atoms. The molecule has 3 aromatic rings. The lowest BCUT2D eigenvalue weighted by molar-refractivity contribution is 0.102. The number of halogens is 1. The second kappa shape index (κ2) is 7.48. The summed E-state index contributed by atoms with van der Waals surface area (Å²) in [4.78, 5) is 16.8. The minimum absolute atomic E-state index is 0.234. The molecule has 1 amide bonds. The maximum atomic E-state index is 12.6. The second-order valence-corrected chi connectivity index (χ2v) is 6.65. The van der Waals surface area contributed by atoms with Gasteiger partial charge in [0.2, 0.25) is 5.88 Å². The number of aromatic amines is 1. The summed E-state index contributed by atoms with van der Waals surface area (Å²) >= 11 is 3.39. The summed E-state index contributed by atoms with van der Waals surface area (Å²) in [5.41, 5.74) is 1.28. The number of nitrogens with zero attached hydrogens (tertiary/aromatic N) is 2. The normalized spacial score (nSPS) is 10.7. The van der Waals surface area contributed by atoms with Crippen LogP contribution in [0.5, 0.6) is 11.6 Å². The lowest BCUT2D eigenvalue weighted by Crippen LogP contribution is -2.13. The summed E-state index contributed by atoms with van der Waals surface area (Å²) in [6, 6.07) is 12.5. The highest BCUT2D eigenvalue weighted by molar-refractivity contribution is 9.10. The number of nitrogens with one attached hydrogen (secondary N) is 2. The molecule has 0 bridgehead atoms. The fourth-order valence-electron chi connectivity index (χ4n) is 2.17. The molecule has 128 valence electrons. The number of carbonyl (C=O) groups is 1. The zero-order valence-corrected chi connectivity index (χ0v) is 15.4. The highest BCUT2D eigenvalue weighted by Gasteiger charge is 2.16. The average Bonchev–Trinajstić information content (AvgIpc) is 3.04. The minimum Gasteiger partial charge on any atom is -0.438 e. The molecule has 7 heteroatoms. The largest absolute Gasteiger partial charge is 0.438 e. The van der Waals surface area contributed by atoms with Crippen molar-refractivity contribution >= 4 is 27.7 Å². The molecule has 0 saturated heterocycles. The molecule has 2 N–H and O–H groups in total. The number of anilines is 1. The standard InChI is InChI=1S/C18H17BrN4O2/c1-11(2)15-10-16(23-22-15)21-17(24)14-7-4-8-20-18(14)25-13-6-3-5-12(19)9-13/h3-11H,1-2H3,(H2,21,22,23,24). The van der Waals surface area contributed by atoms with E-state index in [2.05, 4.69) is 36.4 Å². The molecule has 0 fully saturated rings. The van der Waals surface area contributed by atoms with Gasteiger partial charge in [-0.2, -0.15) is 5.10 Å². The molecule has 0 unspecified atom stereocenters. The van der Waals surface area contributed by atoms with E-state index in [9.17, 15) is 4.79 Å². The molecule has 0 aliphatic rings. The summed E-state index contributed by atoms with van der Waals surface area (Å²) in [5, 5.41) is 9.77. The number of aromatic nitrogens is 3. The molecule has 0 aliphatic heterocycles. The van der Waals surface area contributed by atoms with E-state index in [1.54, 1.807) is 30.5 Å². The Hall–Kier alpha value is -2.67. The van der Waals surface area contributed by atoms with Gasteiger partial charge in [-0.25, -0.2) is 4.98 Å². The number of hydrogen-bond donors (Lipinski definition) is 2. The van der Waals surface area contributed by atoms with Gasteiger partial charge >= 0.3 is 0 Å². The highest BCUT2D eigenvalue weighted by atomic mass is 79.9. The Morgan fingerprint density at radius 3 is 2.80 bits per heavy atom. The van der Waals surface area contributed by atoms with Gasteiger partial charge in [-0.3, -0.25) is 9.89 Å². The Balaban J connectivity index is 1.80. The zero-order chi connectivity index (χ0) is 17.8. The van der Waals surface area contributed by atoms with E-state index in [4.69, 9.17) is 4.74 Å². The molecular formula is C18H17BrN4O2. The van der Waals surface area contributed by atoms with Crippen molar-refractivity contribution in [3.63, 3.8) is 0 Å². The van der Waals surface area contributed by atoms with Crippen LogP contribution >= 0.6 is 15.9 Å². The van der Waals surface area contributed by atoms with E-state index in [0.29, 0.717) is 23.0 Å². The number of rotatable bonds is 5. The van der Waals surface area contributed by atoms with E-state index in [1.807, 2.05) is 32.0 Å². The van der Waals surface area contributed by atoms with Crippen LogP contribution in [0.4, 0.5) is 5.82 Å². The maximum Gasteiger partial charge on any atom is 0.262 e. The number of hydrogen-bond acceptors (Lipinski definition) is 4. The minimum atomic E-state index is -0.333. The first kappa shape index (κ1) is 17.2. The highest BCUT2D eigenvalue weighted by Crippen LogP contribution is 2.26. The van der Waals surface area contributed by atoms with Crippen molar-refractivity contribution in [3.8, 4) is 11.6 Å². The van der Waals surface area contributed by atoms with Crippen LogP contribution in [0.15, 0.2) is 53.1 Å². The predicted octanol–water partition coefficient (Wildman–Crippen LogP) is 4.74. The van der Waals surface area contributed by atoms with E-state index < -0.39 is 0 Å². The molecular weight excluding hydrogens is 384 g/mol. The van der Waals surface area contributed by atoms with Gasteiger partial charge in [-0.05, 0) is 36.2 Å². The number of amides is 1. The van der Waals surface area contributed by atoms with Crippen LogP contribution in [0.25, 0.3) is 0 Å². The molecule has 0 saturated carbocycles. The van der Waals surface area contributed by atoms with E-state index in [1.165, 1.54) is 0 Å². The summed E-state index contributed by atoms with van der Waals surface area (Å²) in [7, 11) is 0. The summed E-state index contributed by atoms with van der Waals surface area (Å²) < 4.78 is 6.64. The van der Waals surface area contributed by atoms with Crippen LogP contribution in [-0.2, 0) is 0 Å². The fraction of sp³-hybridized carbons (Fsp3) is 0.167. The third-order valence-corrected chi connectivity index (χ3v) is 3.98. The van der Waals surface area contributed by atoms with Crippen LogP contribution in [0.2, 0.25) is 0 Å². The van der Waals surface area contributed by atoms with Gasteiger partial charge in [0, 0.05) is 22.4 Å². The molecule has 0 radical (unpaired) electrons. The third kappa shape index (κ3) is 4.24. The quantitative estimate of drug-likeness (QED) is 0.648. The van der Waals surface area contributed by atoms with Crippen molar-refractivity contribution < 1.29 is 9.53 Å². The maximum absolute atomic E-state index is 12.6. The van der Waals surface area contributed by atoms with Gasteiger partial charge in [0.25, 0.3) is 5.91 Å². The number of H-pyrrole nitrogens is 1. The van der Waals surface area contributed by atoms with E-state index in [0.717, 1.165) is 10.2 Å². The average molecular weight is 401 g/mol. The molecule has 3 rings (SSSR count). The van der Waals surface area contributed by atoms with E-state index >= 15 is 0 Å². The van der Waals surface area contributed by atoms with Crippen molar-refractivity contribution in [2.24, 2.45) is 0 Å². The summed E-state index contributed by atoms with van der Waals surface area (Å²) in [6.45, 7) is 4.09. The lowest BCUT2D eigenvalue weighted by Gasteiger charge is -2.09. The van der Waals surface area contributed by atoms with Crippen molar-refractivity contribution in [1.29, 1.82) is 0 Å². The third-order valence-electron chi connectivity index (χ3n) is 3.49. The smallest absolute Gasteiger partial charge is 0.262 e. The molecule has 2 heterocycles. The Morgan fingerprint density at radius 1 is 1.24 bits per heavy atom. The Bertz CT molecular complexity index is 892. The molecule has 2 aromatic heterocycles. The predicted molar refractivity (Wildman–Crippen MR) is 99.1 cm³/mol. The van der Waals surface area contributed by atoms with Gasteiger partial charge in [0.05, 0.1) is 0 Å². The Morgan fingerprint density at radius 2 is 2.08 bits per heavy atom. The first-order valence-corrected chi connectivity index (χ1v) is 8.57. The van der Waals surface area contributed by atoms with Gasteiger partial charge in [0.1, 0.15) is 11.3 Å². The van der Waals surface area contributed by atoms with Crippen molar-refractivity contribution in [1.82, 2.24) is 15.2 Å². The topological polar surface area (TPSA) is 79.9 Å². The van der Waals surface area contributed by atoms with Crippen LogP contribution < -0.4 is 10.1 Å². The lowest BCUT2D eigenvalue weighted by atomic mass is 10.1. The number of ether oxygens (including phenoxy) is 1. The van der Waals surface area contributed by atoms with Gasteiger partial charge < -0.3 is 10.1 Å². The monoisotopic (exact) mass is 400 g/mol. The van der Waals surface area contributed by atoms with Gasteiger partial charge in [0.15, 0.2) is 5.82 Å². The second-order valence-electron chi connectivity index (χ2n) is 5.73. The summed E-state index contributed by atoms with van der Waals surface area (Å²) in [6.07, 6.45) is 1.58. The number of pyridine rings is 1. The first-order chi connectivity index (χ1) is 12.0. The first-order valence-electron chi connectivity index (χ1n) is 7.78. The van der Waals surface area contributed by atoms with Crippen LogP contribution in [0, 0.1) is 0 Å². The van der Waals surface area contributed by atoms with E-state index in [-0.39, 0.29) is 11.8 Å². The van der Waals surface area contributed by atoms with Crippen molar-refractivity contribution in [2.45, 2.75) is 19.8 Å². The molecule has 1 aromatic carbocycles. The molecule has 6 nitrogen and oxygen atoms in total. The van der Waals surface area contributed by atoms with Gasteiger partial charge in [-0.15, -0.1) is 0 Å². The van der Waals surface area contributed by atoms with Gasteiger partial charge in [-0.1, -0.05) is 35.8 Å². The molecule has 0 atom stereocenters. The molecule has 0 aliphatic carbocycles. The summed E-state index contributed by atoms with van der Waals surface area (Å²) in [5.74, 6) is 1.25. The molecule has 25 heavy (non-hydrogen) atoms. The Labute approximate surface area is 153 Å². The van der Waals surface area contributed by atoms with Crippen LogP contribution in [-0.4, -0.2) is 21.1 Å². The zero-order valence-electron chi connectivity index (χ0n) is 13.8. The Kier molecular flexibility index (Phi) is 5.14.